The first-order valence-electron chi connectivity index (χ1n) is 7.65. The fraction of sp³-hybridized carbons (Fsp3) is 0.857. The maximum absolute atomic E-state index is 12.7. The Bertz CT molecular complexity index is 444. The number of carbonyl (C=O) groups is 2. The van der Waals surface area contributed by atoms with E-state index in [1.165, 1.54) is 11.3 Å². The number of urea groups is 1. The highest BCUT2D eigenvalue weighted by Crippen LogP contribution is 2.29. The van der Waals surface area contributed by atoms with Crippen molar-refractivity contribution in [2.45, 2.75) is 49.9 Å². The van der Waals surface area contributed by atoms with Gasteiger partial charge in [-0.05, 0) is 26.3 Å². The van der Waals surface area contributed by atoms with E-state index in [0.29, 0.717) is 25.2 Å². The zero-order chi connectivity index (χ0) is 15.1. The van der Waals surface area contributed by atoms with E-state index in [1.807, 2.05) is 0 Å². The Morgan fingerprint density at radius 2 is 1.81 bits per heavy atom. The van der Waals surface area contributed by atoms with Gasteiger partial charge in [-0.2, -0.15) is 0 Å². The predicted molar refractivity (Wildman–Crippen MR) is 74.9 cm³/mol. The average molecular weight is 297 g/mol. The van der Waals surface area contributed by atoms with Crippen molar-refractivity contribution in [3.63, 3.8) is 0 Å². The van der Waals surface area contributed by atoms with Gasteiger partial charge in [0.25, 0.3) is 0 Å². The molecule has 7 nitrogen and oxygen atoms in total. The SMILES string of the molecule is CN1C2CCC1CN(C(=O)N1C[C@H](O)C[C@H]1C(=O)O)CC2. The van der Waals surface area contributed by atoms with Crippen molar-refractivity contribution >= 4 is 12.0 Å². The number of β-amino-alcohol motifs (C(OH)–C–C–N with tert-alkyl or cyclic N) is 1. The lowest BCUT2D eigenvalue weighted by Gasteiger charge is -2.31. The lowest BCUT2D eigenvalue weighted by Crippen LogP contribution is -2.50. The van der Waals surface area contributed by atoms with Crippen molar-refractivity contribution in [3.05, 3.63) is 0 Å². The number of likely N-dealkylation sites (N-methyl/N-ethyl adjacent to an activating group) is 1. The van der Waals surface area contributed by atoms with Crippen LogP contribution in [0.3, 0.4) is 0 Å². The number of carboxylic acids is 1. The van der Waals surface area contributed by atoms with Crippen LogP contribution < -0.4 is 0 Å². The number of amides is 2. The number of likely N-dealkylation sites (tertiary alicyclic amines) is 2. The molecule has 3 fully saturated rings. The first-order chi connectivity index (χ1) is 9.97. The minimum absolute atomic E-state index is 0.121. The Kier molecular flexibility index (Phi) is 3.79. The molecule has 0 saturated carbocycles. The normalized spacial score (nSPS) is 36.9. The second-order valence-electron chi connectivity index (χ2n) is 6.46. The summed E-state index contributed by atoms with van der Waals surface area (Å²) in [4.78, 5) is 29.4. The first kappa shape index (κ1) is 14.6. The number of aliphatic carboxylic acids is 1. The van der Waals surface area contributed by atoms with Crippen LogP contribution in [0.4, 0.5) is 4.79 Å². The summed E-state index contributed by atoms with van der Waals surface area (Å²) in [7, 11) is 2.11. The molecule has 4 atom stereocenters. The van der Waals surface area contributed by atoms with E-state index in [9.17, 15) is 19.8 Å². The van der Waals surface area contributed by atoms with Gasteiger partial charge in [-0.1, -0.05) is 0 Å². The highest BCUT2D eigenvalue weighted by Gasteiger charge is 2.43. The summed E-state index contributed by atoms with van der Waals surface area (Å²) in [5, 5.41) is 18.9. The standard InChI is InChI=1S/C14H23N3O4/c1-15-9-2-3-10(15)7-16(5-4-9)14(21)17-8-11(18)6-12(17)13(19)20/h9-12,18H,2-8H2,1H3,(H,19,20)/t9?,10?,11-,12+/m1/s1. The lowest BCUT2D eigenvalue weighted by molar-refractivity contribution is -0.141. The molecule has 3 aliphatic heterocycles. The Balaban J connectivity index is 1.71. The Hall–Kier alpha value is -1.34. The molecule has 2 N–H and O–H groups in total. The van der Waals surface area contributed by atoms with E-state index >= 15 is 0 Å². The number of rotatable bonds is 1. The summed E-state index contributed by atoms with van der Waals surface area (Å²) in [5.74, 6) is -1.03. The first-order valence-corrected chi connectivity index (χ1v) is 7.65. The fourth-order valence-corrected chi connectivity index (χ4v) is 3.92. The molecule has 0 radical (unpaired) electrons. The maximum atomic E-state index is 12.7. The molecule has 2 bridgehead atoms. The second-order valence-corrected chi connectivity index (χ2v) is 6.46. The second kappa shape index (κ2) is 5.46. The van der Waals surface area contributed by atoms with E-state index in [0.717, 1.165) is 12.8 Å². The van der Waals surface area contributed by atoms with Crippen molar-refractivity contribution < 1.29 is 19.8 Å². The molecule has 118 valence electrons. The molecular weight excluding hydrogens is 274 g/mol. The number of aliphatic hydroxyl groups excluding tert-OH is 1. The van der Waals surface area contributed by atoms with Crippen LogP contribution in [0, 0.1) is 0 Å². The molecule has 0 aromatic rings. The highest BCUT2D eigenvalue weighted by molar-refractivity contribution is 5.83. The molecule has 3 saturated heterocycles. The fourth-order valence-electron chi connectivity index (χ4n) is 3.92. The van der Waals surface area contributed by atoms with Gasteiger partial charge in [0, 0.05) is 38.1 Å². The Labute approximate surface area is 124 Å². The minimum atomic E-state index is -1.03. The number of hydrogen-bond donors (Lipinski definition) is 2. The number of hydrogen-bond acceptors (Lipinski definition) is 4. The smallest absolute Gasteiger partial charge is 0.326 e. The van der Waals surface area contributed by atoms with Gasteiger partial charge < -0.3 is 20.0 Å². The molecule has 3 rings (SSSR count). The van der Waals surface area contributed by atoms with Crippen LogP contribution in [0.1, 0.15) is 25.7 Å². The number of aliphatic hydroxyl groups is 1. The van der Waals surface area contributed by atoms with Gasteiger partial charge in [-0.25, -0.2) is 9.59 Å². The number of fused-ring (bicyclic) bond motifs is 2. The van der Waals surface area contributed by atoms with Crippen molar-refractivity contribution in [2.24, 2.45) is 0 Å². The maximum Gasteiger partial charge on any atom is 0.326 e. The van der Waals surface area contributed by atoms with E-state index < -0.39 is 18.1 Å². The number of carbonyl (C=O) groups excluding carboxylic acids is 1. The summed E-state index contributed by atoms with van der Waals surface area (Å²) < 4.78 is 0. The van der Waals surface area contributed by atoms with Crippen molar-refractivity contribution in [2.75, 3.05) is 26.7 Å². The lowest BCUT2D eigenvalue weighted by atomic mass is 10.1. The summed E-state index contributed by atoms with van der Waals surface area (Å²) in [6, 6.07) is -0.227. The molecular formula is C14H23N3O4. The van der Waals surface area contributed by atoms with Crippen LogP contribution in [0.2, 0.25) is 0 Å². The predicted octanol–water partition coefficient (Wildman–Crippen LogP) is -0.205. The van der Waals surface area contributed by atoms with Crippen LogP contribution in [-0.4, -0.2) is 87.8 Å². The zero-order valence-corrected chi connectivity index (χ0v) is 12.3. The quantitative estimate of drug-likeness (QED) is 0.700. The van der Waals surface area contributed by atoms with E-state index in [4.69, 9.17) is 0 Å². The molecule has 0 aliphatic carbocycles. The zero-order valence-electron chi connectivity index (χ0n) is 12.3. The third-order valence-corrected chi connectivity index (χ3v) is 5.23. The summed E-state index contributed by atoms with van der Waals surface area (Å²) in [6.45, 7) is 1.45. The van der Waals surface area contributed by atoms with E-state index in [-0.39, 0.29) is 19.0 Å². The summed E-state index contributed by atoms with van der Waals surface area (Å²) >= 11 is 0. The molecule has 0 aromatic heterocycles. The van der Waals surface area contributed by atoms with E-state index in [1.54, 1.807) is 4.90 Å². The van der Waals surface area contributed by atoms with Crippen LogP contribution in [0.15, 0.2) is 0 Å². The van der Waals surface area contributed by atoms with Gasteiger partial charge in [0.1, 0.15) is 6.04 Å². The molecule has 0 aromatic carbocycles. The molecule has 2 amide bonds. The van der Waals surface area contributed by atoms with Gasteiger partial charge in [0.15, 0.2) is 0 Å². The monoisotopic (exact) mass is 297 g/mol. The van der Waals surface area contributed by atoms with Gasteiger partial charge >= 0.3 is 12.0 Å². The number of nitrogens with zero attached hydrogens (tertiary/aromatic N) is 3. The van der Waals surface area contributed by atoms with Crippen molar-refractivity contribution in [1.29, 1.82) is 0 Å². The summed E-state index contributed by atoms with van der Waals surface area (Å²) in [5.41, 5.74) is 0. The average Bonchev–Trinajstić information content (AvgIpc) is 2.90. The molecule has 7 heteroatoms. The molecule has 0 spiro atoms. The number of carboxylic acid groups (broad SMARTS) is 1. The summed E-state index contributed by atoms with van der Waals surface area (Å²) in [6.07, 6.45) is 2.61. The van der Waals surface area contributed by atoms with Gasteiger partial charge in [0.2, 0.25) is 0 Å². The van der Waals surface area contributed by atoms with Gasteiger partial charge in [-0.15, -0.1) is 0 Å². The van der Waals surface area contributed by atoms with Gasteiger partial charge in [0.05, 0.1) is 6.10 Å². The Morgan fingerprint density at radius 3 is 2.52 bits per heavy atom. The van der Waals surface area contributed by atoms with Crippen LogP contribution in [-0.2, 0) is 4.79 Å². The van der Waals surface area contributed by atoms with Crippen molar-refractivity contribution in [1.82, 2.24) is 14.7 Å². The van der Waals surface area contributed by atoms with E-state index in [2.05, 4.69) is 11.9 Å². The highest BCUT2D eigenvalue weighted by atomic mass is 16.4. The van der Waals surface area contributed by atoms with Crippen LogP contribution in [0.5, 0.6) is 0 Å². The van der Waals surface area contributed by atoms with Crippen LogP contribution >= 0.6 is 0 Å². The minimum Gasteiger partial charge on any atom is -0.480 e. The molecule has 2 unspecified atom stereocenters. The molecule has 3 aliphatic rings. The third-order valence-electron chi connectivity index (χ3n) is 5.23. The topological polar surface area (TPSA) is 84.3 Å². The van der Waals surface area contributed by atoms with Crippen LogP contribution in [0.25, 0.3) is 0 Å². The third kappa shape index (κ3) is 2.60. The molecule has 21 heavy (non-hydrogen) atoms. The van der Waals surface area contributed by atoms with Crippen molar-refractivity contribution in [3.8, 4) is 0 Å². The Morgan fingerprint density at radius 1 is 1.10 bits per heavy atom. The molecule has 3 heterocycles. The largest absolute Gasteiger partial charge is 0.480 e. The van der Waals surface area contributed by atoms with Gasteiger partial charge in [-0.3, -0.25) is 4.90 Å².